The second kappa shape index (κ2) is 10.8. The molecule has 0 bridgehead atoms. The maximum atomic E-state index is 12.4. The molecule has 0 heterocycles. The van der Waals surface area contributed by atoms with Gasteiger partial charge in [-0.2, -0.15) is 0 Å². The second-order valence-corrected chi connectivity index (χ2v) is 6.80. The highest BCUT2D eigenvalue weighted by atomic mass is 16.6. The number of rotatable bonds is 9. The standard InChI is InChI=1S/C25H25NO4/c1-2-23(30-21-14-7-4-8-15-21)25(28)29-18-24(27)26-22-16-10-9-13-20(22)17-19-11-5-3-6-12-19/h3-16,23H,2,17-18H2,1H3,(H,26,27)/t23-/m1/s1. The summed E-state index contributed by atoms with van der Waals surface area (Å²) in [6, 6.07) is 26.7. The van der Waals surface area contributed by atoms with Gasteiger partial charge in [0.15, 0.2) is 12.7 Å². The minimum Gasteiger partial charge on any atom is -0.479 e. The number of hydrogen-bond acceptors (Lipinski definition) is 4. The van der Waals surface area contributed by atoms with Gasteiger partial charge in [-0.1, -0.05) is 73.7 Å². The van der Waals surface area contributed by atoms with Gasteiger partial charge in [-0.3, -0.25) is 4.79 Å². The van der Waals surface area contributed by atoms with E-state index in [1.165, 1.54) is 0 Å². The molecule has 30 heavy (non-hydrogen) atoms. The zero-order valence-corrected chi connectivity index (χ0v) is 16.9. The molecule has 0 fully saturated rings. The Bertz CT molecular complexity index is 957. The molecule has 0 spiro atoms. The van der Waals surface area contributed by atoms with E-state index in [1.54, 1.807) is 12.1 Å². The van der Waals surface area contributed by atoms with E-state index in [-0.39, 0.29) is 6.61 Å². The van der Waals surface area contributed by atoms with Crippen LogP contribution in [0.4, 0.5) is 5.69 Å². The molecular formula is C25H25NO4. The van der Waals surface area contributed by atoms with Gasteiger partial charge in [-0.05, 0) is 42.2 Å². The summed E-state index contributed by atoms with van der Waals surface area (Å²) in [6.45, 7) is 1.46. The molecule has 0 aliphatic heterocycles. The van der Waals surface area contributed by atoms with Crippen molar-refractivity contribution in [3.8, 4) is 5.75 Å². The smallest absolute Gasteiger partial charge is 0.347 e. The quantitative estimate of drug-likeness (QED) is 0.530. The lowest BCUT2D eigenvalue weighted by atomic mass is 10.0. The molecule has 0 radical (unpaired) electrons. The lowest BCUT2D eigenvalue weighted by molar-refractivity contribution is -0.154. The lowest BCUT2D eigenvalue weighted by Gasteiger charge is -2.16. The van der Waals surface area contributed by atoms with Crippen LogP contribution in [0, 0.1) is 0 Å². The van der Waals surface area contributed by atoms with E-state index in [4.69, 9.17) is 9.47 Å². The van der Waals surface area contributed by atoms with Gasteiger partial charge in [0, 0.05) is 5.69 Å². The summed E-state index contributed by atoms with van der Waals surface area (Å²) in [5.41, 5.74) is 2.84. The van der Waals surface area contributed by atoms with Gasteiger partial charge in [0.2, 0.25) is 0 Å². The minimum absolute atomic E-state index is 0.368. The molecule has 0 unspecified atom stereocenters. The molecule has 0 aromatic heterocycles. The average molecular weight is 403 g/mol. The van der Waals surface area contributed by atoms with Crippen molar-refractivity contribution >= 4 is 17.6 Å². The Morgan fingerprint density at radius 1 is 0.867 bits per heavy atom. The predicted molar refractivity (Wildman–Crippen MR) is 116 cm³/mol. The van der Waals surface area contributed by atoms with Crippen LogP contribution >= 0.6 is 0 Å². The van der Waals surface area contributed by atoms with E-state index in [2.05, 4.69) is 5.32 Å². The first-order chi connectivity index (χ1) is 14.7. The molecule has 0 aliphatic carbocycles. The molecule has 154 valence electrons. The topological polar surface area (TPSA) is 64.6 Å². The third kappa shape index (κ3) is 6.21. The third-order valence-corrected chi connectivity index (χ3v) is 4.53. The number of carbonyl (C=O) groups excluding carboxylic acids is 2. The first-order valence-electron chi connectivity index (χ1n) is 9.95. The lowest BCUT2D eigenvalue weighted by Crippen LogP contribution is -2.31. The zero-order chi connectivity index (χ0) is 21.2. The van der Waals surface area contributed by atoms with Crippen LogP contribution in [0.1, 0.15) is 24.5 Å². The Kier molecular flexibility index (Phi) is 7.61. The molecule has 5 nitrogen and oxygen atoms in total. The van der Waals surface area contributed by atoms with Crippen LogP contribution in [0.3, 0.4) is 0 Å². The molecule has 3 aromatic rings. The largest absolute Gasteiger partial charge is 0.479 e. The van der Waals surface area contributed by atoms with Gasteiger partial charge in [0.25, 0.3) is 5.91 Å². The number of hydrogen-bond donors (Lipinski definition) is 1. The number of ether oxygens (including phenoxy) is 2. The van der Waals surface area contributed by atoms with E-state index in [9.17, 15) is 9.59 Å². The van der Waals surface area contributed by atoms with E-state index in [0.717, 1.165) is 11.1 Å². The first kappa shape index (κ1) is 21.1. The van der Waals surface area contributed by atoms with Crippen LogP contribution in [0.15, 0.2) is 84.9 Å². The van der Waals surface area contributed by atoms with E-state index < -0.39 is 18.0 Å². The molecule has 1 N–H and O–H groups in total. The first-order valence-corrected chi connectivity index (χ1v) is 9.95. The summed E-state index contributed by atoms with van der Waals surface area (Å²) in [5, 5.41) is 2.84. The average Bonchev–Trinajstić information content (AvgIpc) is 2.78. The van der Waals surface area contributed by atoms with Crippen molar-refractivity contribution in [3.63, 3.8) is 0 Å². The maximum Gasteiger partial charge on any atom is 0.347 e. The SMILES string of the molecule is CC[C@@H](Oc1ccccc1)C(=O)OCC(=O)Nc1ccccc1Cc1ccccc1. The van der Waals surface area contributed by atoms with Gasteiger partial charge < -0.3 is 14.8 Å². The van der Waals surface area contributed by atoms with Crippen LogP contribution in [-0.2, 0) is 20.7 Å². The fourth-order valence-electron chi connectivity index (χ4n) is 2.99. The second-order valence-electron chi connectivity index (χ2n) is 6.80. The van der Waals surface area contributed by atoms with Gasteiger partial charge in [-0.25, -0.2) is 4.79 Å². The number of carbonyl (C=O) groups is 2. The maximum absolute atomic E-state index is 12.4. The zero-order valence-electron chi connectivity index (χ0n) is 16.9. The Morgan fingerprint density at radius 3 is 2.20 bits per heavy atom. The predicted octanol–water partition coefficient (Wildman–Crippen LogP) is 4.62. The van der Waals surface area contributed by atoms with Crippen molar-refractivity contribution in [2.75, 3.05) is 11.9 Å². The highest BCUT2D eigenvalue weighted by molar-refractivity contribution is 5.93. The molecular weight excluding hydrogens is 378 g/mol. The molecule has 1 atom stereocenters. The van der Waals surface area contributed by atoms with Gasteiger partial charge >= 0.3 is 5.97 Å². The van der Waals surface area contributed by atoms with Crippen molar-refractivity contribution in [2.24, 2.45) is 0 Å². The fourth-order valence-corrected chi connectivity index (χ4v) is 2.99. The highest BCUT2D eigenvalue weighted by Crippen LogP contribution is 2.19. The van der Waals surface area contributed by atoms with Crippen molar-refractivity contribution in [2.45, 2.75) is 25.9 Å². The molecule has 5 heteroatoms. The van der Waals surface area contributed by atoms with Crippen molar-refractivity contribution in [3.05, 3.63) is 96.1 Å². The van der Waals surface area contributed by atoms with E-state index in [1.807, 2.05) is 79.7 Å². The summed E-state index contributed by atoms with van der Waals surface area (Å²) in [7, 11) is 0. The fraction of sp³-hybridized carbons (Fsp3) is 0.200. The molecule has 3 rings (SSSR count). The summed E-state index contributed by atoms with van der Waals surface area (Å²) in [6.07, 6.45) is 0.375. The Morgan fingerprint density at radius 2 is 1.50 bits per heavy atom. The molecule has 0 aliphatic rings. The van der Waals surface area contributed by atoms with Crippen LogP contribution in [-0.4, -0.2) is 24.6 Å². The highest BCUT2D eigenvalue weighted by Gasteiger charge is 2.21. The van der Waals surface area contributed by atoms with Crippen LogP contribution < -0.4 is 10.1 Å². The summed E-state index contributed by atoms with van der Waals surface area (Å²) >= 11 is 0. The van der Waals surface area contributed by atoms with Gasteiger partial charge in [-0.15, -0.1) is 0 Å². The minimum atomic E-state index is -0.759. The summed E-state index contributed by atoms with van der Waals surface area (Å²) < 4.78 is 10.8. The summed E-state index contributed by atoms with van der Waals surface area (Å²) in [4.78, 5) is 24.7. The number of amides is 1. The van der Waals surface area contributed by atoms with Crippen molar-refractivity contribution in [1.29, 1.82) is 0 Å². The van der Waals surface area contributed by atoms with Gasteiger partial charge in [0.1, 0.15) is 5.75 Å². The van der Waals surface area contributed by atoms with Crippen LogP contribution in [0.25, 0.3) is 0 Å². The van der Waals surface area contributed by atoms with E-state index in [0.29, 0.717) is 24.3 Å². The Labute approximate surface area is 176 Å². The van der Waals surface area contributed by atoms with Gasteiger partial charge in [0.05, 0.1) is 0 Å². The number of nitrogens with one attached hydrogen (secondary N) is 1. The normalized spacial score (nSPS) is 11.4. The van der Waals surface area contributed by atoms with E-state index >= 15 is 0 Å². The summed E-state index contributed by atoms with van der Waals surface area (Å²) in [5.74, 6) is -0.368. The Hall–Kier alpha value is -3.60. The van der Waals surface area contributed by atoms with Crippen LogP contribution in [0.5, 0.6) is 5.75 Å². The Balaban J connectivity index is 1.55. The molecule has 0 saturated carbocycles. The number of esters is 1. The third-order valence-electron chi connectivity index (χ3n) is 4.53. The van der Waals surface area contributed by atoms with Crippen LogP contribution in [0.2, 0.25) is 0 Å². The number of anilines is 1. The monoisotopic (exact) mass is 403 g/mol. The molecule has 3 aromatic carbocycles. The number of para-hydroxylation sites is 2. The molecule has 0 saturated heterocycles. The molecule has 1 amide bonds. The van der Waals surface area contributed by atoms with Crippen molar-refractivity contribution < 1.29 is 19.1 Å². The van der Waals surface area contributed by atoms with Crippen molar-refractivity contribution in [1.82, 2.24) is 0 Å². The number of benzene rings is 3.